The second-order valence-corrected chi connectivity index (χ2v) is 10.7. The lowest BCUT2D eigenvalue weighted by atomic mass is 10.1. The first-order chi connectivity index (χ1) is 16.5. The molecule has 2 aromatic rings. The number of halogens is 1. The molecule has 9 heteroatoms. The molecule has 2 aromatic carbocycles. The fourth-order valence-corrected chi connectivity index (χ4v) is 4.88. The number of benzene rings is 2. The minimum atomic E-state index is -3.75. The van der Waals surface area contributed by atoms with Gasteiger partial charge in [0.15, 0.2) is 0 Å². The zero-order valence-electron chi connectivity index (χ0n) is 20.9. The van der Waals surface area contributed by atoms with Gasteiger partial charge < -0.3 is 10.2 Å². The van der Waals surface area contributed by atoms with Crippen LogP contribution in [0.2, 0.25) is 0 Å². The first kappa shape index (κ1) is 28.3. The maximum absolute atomic E-state index is 14.3. The molecule has 2 rings (SSSR count). The number of rotatable bonds is 13. The number of anilines is 1. The van der Waals surface area contributed by atoms with Crippen molar-refractivity contribution in [2.24, 2.45) is 0 Å². The highest BCUT2D eigenvalue weighted by Gasteiger charge is 2.29. The smallest absolute Gasteiger partial charge is 0.242 e. The van der Waals surface area contributed by atoms with Gasteiger partial charge in [-0.25, -0.2) is 12.8 Å². The standard InChI is InChI=1S/C26H36FN3O4S/c1-5-23(26(32)28-20(2)3)29(19-17-21-12-7-6-8-13-21)25(31)16-11-18-30(35(4,33)34)24-15-10-9-14-22(24)27/h6-10,12-15,20,23H,5,11,16-19H2,1-4H3,(H,28,32). The van der Waals surface area contributed by atoms with Gasteiger partial charge in [0.05, 0.1) is 11.9 Å². The van der Waals surface area contributed by atoms with Crippen LogP contribution < -0.4 is 9.62 Å². The van der Waals surface area contributed by atoms with E-state index >= 15 is 0 Å². The van der Waals surface area contributed by atoms with E-state index in [0.717, 1.165) is 16.1 Å². The van der Waals surface area contributed by atoms with Gasteiger partial charge in [0.2, 0.25) is 21.8 Å². The van der Waals surface area contributed by atoms with Crippen LogP contribution in [0.15, 0.2) is 54.6 Å². The topological polar surface area (TPSA) is 86.8 Å². The van der Waals surface area contributed by atoms with E-state index in [1.165, 1.54) is 18.2 Å². The highest BCUT2D eigenvalue weighted by molar-refractivity contribution is 7.92. The molecular formula is C26H36FN3O4S. The lowest BCUT2D eigenvalue weighted by Gasteiger charge is -2.31. The average Bonchev–Trinajstić information content (AvgIpc) is 2.79. The SMILES string of the molecule is CCC(C(=O)NC(C)C)N(CCc1ccccc1)C(=O)CCCN(c1ccccc1F)S(C)(=O)=O. The molecule has 1 atom stereocenters. The fourth-order valence-electron chi connectivity index (χ4n) is 3.91. The lowest BCUT2D eigenvalue weighted by molar-refractivity contribution is -0.141. The summed E-state index contributed by atoms with van der Waals surface area (Å²) >= 11 is 0. The first-order valence-electron chi connectivity index (χ1n) is 11.9. The number of carbonyl (C=O) groups excluding carboxylic acids is 2. The predicted molar refractivity (Wildman–Crippen MR) is 137 cm³/mol. The van der Waals surface area contributed by atoms with Gasteiger partial charge >= 0.3 is 0 Å². The van der Waals surface area contributed by atoms with E-state index in [0.29, 0.717) is 19.4 Å². The third kappa shape index (κ3) is 8.65. The summed E-state index contributed by atoms with van der Waals surface area (Å²) in [5.41, 5.74) is 0.998. The quantitative estimate of drug-likeness (QED) is 0.449. The zero-order chi connectivity index (χ0) is 26.0. The summed E-state index contributed by atoms with van der Waals surface area (Å²) in [5, 5.41) is 2.89. The van der Waals surface area contributed by atoms with Gasteiger partial charge in [-0.3, -0.25) is 13.9 Å². The summed E-state index contributed by atoms with van der Waals surface area (Å²) in [6, 6.07) is 14.6. The summed E-state index contributed by atoms with van der Waals surface area (Å²) < 4.78 is 39.9. The van der Waals surface area contributed by atoms with E-state index in [1.807, 2.05) is 51.1 Å². The highest BCUT2D eigenvalue weighted by Crippen LogP contribution is 2.22. The van der Waals surface area contributed by atoms with Crippen molar-refractivity contribution < 1.29 is 22.4 Å². The highest BCUT2D eigenvalue weighted by atomic mass is 32.2. The van der Waals surface area contributed by atoms with Crippen molar-refractivity contribution in [1.82, 2.24) is 10.2 Å². The Morgan fingerprint density at radius 3 is 2.20 bits per heavy atom. The molecule has 1 unspecified atom stereocenters. The Kier molecular flexibility index (Phi) is 10.7. The van der Waals surface area contributed by atoms with Crippen LogP contribution in [-0.4, -0.2) is 56.6 Å². The molecule has 0 saturated heterocycles. The summed E-state index contributed by atoms with van der Waals surface area (Å²) in [6.07, 6.45) is 2.26. The van der Waals surface area contributed by atoms with Gasteiger partial charge in [-0.15, -0.1) is 0 Å². The molecule has 0 aliphatic rings. The van der Waals surface area contributed by atoms with E-state index in [2.05, 4.69) is 5.32 Å². The normalized spacial score (nSPS) is 12.3. The Bertz CT molecular complexity index is 1080. The van der Waals surface area contributed by atoms with Gasteiger partial charge in [-0.2, -0.15) is 0 Å². The molecular weight excluding hydrogens is 469 g/mol. The van der Waals surface area contributed by atoms with Crippen molar-refractivity contribution in [2.45, 2.75) is 58.5 Å². The second kappa shape index (κ2) is 13.2. The van der Waals surface area contributed by atoms with Gasteiger partial charge in [-0.1, -0.05) is 49.4 Å². The monoisotopic (exact) mass is 505 g/mol. The van der Waals surface area contributed by atoms with E-state index < -0.39 is 21.9 Å². The minimum absolute atomic E-state index is 0.0285. The second-order valence-electron chi connectivity index (χ2n) is 8.80. The molecule has 1 N–H and O–H groups in total. The predicted octanol–water partition coefficient (Wildman–Crippen LogP) is 3.75. The maximum atomic E-state index is 14.3. The Morgan fingerprint density at radius 1 is 1.00 bits per heavy atom. The summed E-state index contributed by atoms with van der Waals surface area (Å²) in [6.45, 7) is 5.90. The maximum Gasteiger partial charge on any atom is 0.242 e. The molecule has 0 radical (unpaired) electrons. The minimum Gasteiger partial charge on any atom is -0.352 e. The molecule has 0 heterocycles. The van der Waals surface area contributed by atoms with Crippen LogP contribution in [0.4, 0.5) is 10.1 Å². The van der Waals surface area contributed by atoms with E-state index in [1.54, 1.807) is 11.0 Å². The van der Waals surface area contributed by atoms with Crippen LogP contribution in [0.25, 0.3) is 0 Å². The molecule has 0 aliphatic heterocycles. The molecule has 2 amide bonds. The molecule has 0 bridgehead atoms. The first-order valence-corrected chi connectivity index (χ1v) is 13.8. The third-order valence-electron chi connectivity index (χ3n) is 5.57. The molecule has 7 nitrogen and oxygen atoms in total. The summed E-state index contributed by atoms with van der Waals surface area (Å²) in [5.74, 6) is -1.10. The van der Waals surface area contributed by atoms with E-state index in [9.17, 15) is 22.4 Å². The van der Waals surface area contributed by atoms with Crippen LogP contribution in [0.1, 0.15) is 45.6 Å². The number of para-hydroxylation sites is 1. The summed E-state index contributed by atoms with van der Waals surface area (Å²) in [4.78, 5) is 27.7. The van der Waals surface area contributed by atoms with Crippen molar-refractivity contribution in [1.29, 1.82) is 0 Å². The average molecular weight is 506 g/mol. The van der Waals surface area contributed by atoms with E-state index in [4.69, 9.17) is 0 Å². The van der Waals surface area contributed by atoms with Gasteiger partial charge in [0.25, 0.3) is 0 Å². The van der Waals surface area contributed by atoms with Crippen molar-refractivity contribution in [3.05, 3.63) is 66.0 Å². The Labute approximate surface area is 208 Å². The van der Waals surface area contributed by atoms with Crippen LogP contribution in [0, 0.1) is 5.82 Å². The van der Waals surface area contributed by atoms with Crippen LogP contribution in [0.3, 0.4) is 0 Å². The van der Waals surface area contributed by atoms with Crippen molar-refractivity contribution in [3.8, 4) is 0 Å². The Balaban J connectivity index is 2.16. The zero-order valence-corrected chi connectivity index (χ0v) is 21.7. The number of sulfonamides is 1. The molecule has 0 aliphatic carbocycles. The van der Waals surface area contributed by atoms with E-state index in [-0.39, 0.29) is 42.9 Å². The van der Waals surface area contributed by atoms with Crippen molar-refractivity contribution in [3.63, 3.8) is 0 Å². The number of nitrogens with one attached hydrogen (secondary N) is 1. The largest absolute Gasteiger partial charge is 0.352 e. The van der Waals surface area contributed by atoms with Crippen molar-refractivity contribution >= 4 is 27.5 Å². The molecule has 0 fully saturated rings. The summed E-state index contributed by atoms with van der Waals surface area (Å²) in [7, 11) is -3.75. The lowest BCUT2D eigenvalue weighted by Crippen LogP contribution is -2.51. The van der Waals surface area contributed by atoms with Crippen LogP contribution >= 0.6 is 0 Å². The van der Waals surface area contributed by atoms with Gasteiger partial charge in [0.1, 0.15) is 11.9 Å². The molecule has 0 aromatic heterocycles. The van der Waals surface area contributed by atoms with Gasteiger partial charge in [-0.05, 0) is 50.8 Å². The molecule has 0 saturated carbocycles. The number of hydrogen-bond donors (Lipinski definition) is 1. The van der Waals surface area contributed by atoms with Crippen LogP contribution in [0.5, 0.6) is 0 Å². The Hall–Kier alpha value is -2.94. The number of amides is 2. The number of nitrogens with zero attached hydrogens (tertiary/aromatic N) is 2. The van der Waals surface area contributed by atoms with Crippen molar-refractivity contribution in [2.75, 3.05) is 23.7 Å². The molecule has 0 spiro atoms. The number of hydrogen-bond acceptors (Lipinski definition) is 4. The molecule has 192 valence electrons. The van der Waals surface area contributed by atoms with Crippen LogP contribution in [-0.2, 0) is 26.0 Å². The fraction of sp³-hybridized carbons (Fsp3) is 0.462. The molecule has 35 heavy (non-hydrogen) atoms. The third-order valence-corrected chi connectivity index (χ3v) is 6.75. The number of carbonyl (C=O) groups is 2. The van der Waals surface area contributed by atoms with Gasteiger partial charge in [0, 0.05) is 25.6 Å². The Morgan fingerprint density at radius 2 is 1.63 bits per heavy atom.